The Hall–Kier alpha value is -2.74. The number of hydrogen-bond donors (Lipinski definition) is 0. The maximum Gasteiger partial charge on any atom is 0.417 e. The summed E-state index contributed by atoms with van der Waals surface area (Å²) in [6.07, 6.45) is 0.815. The largest absolute Gasteiger partial charge is 0.465 e. The van der Waals surface area contributed by atoms with Crippen LogP contribution in [-0.4, -0.2) is 26.2 Å². The summed E-state index contributed by atoms with van der Waals surface area (Å²) >= 11 is 5.63. The molecule has 2 rings (SSSR count). The second-order valence-electron chi connectivity index (χ2n) is 4.98. The topological polar surface area (TPSA) is 55.8 Å². The minimum Gasteiger partial charge on any atom is -0.465 e. The molecule has 0 saturated carbocycles. The molecular formula is C17H13ClF3NO4. The van der Waals surface area contributed by atoms with Crippen LogP contribution in [0.25, 0.3) is 0 Å². The number of esters is 2. The SMILES string of the molecule is COC(=O)C1=C(C(=O)OC)N(c2ccc(Cl)c(C(F)(F)F)c2)C=CC=C1. The summed E-state index contributed by atoms with van der Waals surface area (Å²) < 4.78 is 48.8. The van der Waals surface area contributed by atoms with Gasteiger partial charge in [0, 0.05) is 11.9 Å². The first-order valence-corrected chi connectivity index (χ1v) is 7.50. The normalized spacial score (nSPS) is 14.3. The molecular weight excluding hydrogens is 375 g/mol. The number of carbonyl (C=O) groups excluding carboxylic acids is 2. The number of carbonyl (C=O) groups is 2. The van der Waals surface area contributed by atoms with Crippen molar-refractivity contribution >= 4 is 29.2 Å². The molecule has 0 atom stereocenters. The van der Waals surface area contributed by atoms with Gasteiger partial charge < -0.3 is 14.4 Å². The minimum atomic E-state index is -4.69. The van der Waals surface area contributed by atoms with Crippen molar-refractivity contribution in [2.45, 2.75) is 6.18 Å². The number of allylic oxidation sites excluding steroid dienone is 2. The molecule has 0 aliphatic carbocycles. The van der Waals surface area contributed by atoms with Crippen molar-refractivity contribution in [3.8, 4) is 0 Å². The summed E-state index contributed by atoms with van der Waals surface area (Å²) in [6, 6.07) is 3.11. The van der Waals surface area contributed by atoms with Crippen molar-refractivity contribution in [1.29, 1.82) is 0 Å². The Bertz CT molecular complexity index is 828. The first-order chi connectivity index (χ1) is 12.2. The van der Waals surface area contributed by atoms with Crippen LogP contribution in [0.2, 0.25) is 5.02 Å². The summed E-state index contributed by atoms with van der Waals surface area (Å²) in [7, 11) is 2.20. The second kappa shape index (κ2) is 7.65. The Morgan fingerprint density at radius 1 is 1.08 bits per heavy atom. The standard InChI is InChI=1S/C17H13ClF3NO4/c1-25-15(23)11-5-3-4-8-22(14(11)16(24)26-2)10-6-7-13(18)12(9-10)17(19,20)21/h3-9H,1-2H3. The number of rotatable bonds is 3. The summed E-state index contributed by atoms with van der Waals surface area (Å²) in [5, 5.41) is -0.491. The first-order valence-electron chi connectivity index (χ1n) is 7.12. The summed E-state index contributed by atoms with van der Waals surface area (Å²) in [4.78, 5) is 25.4. The maximum absolute atomic E-state index is 13.1. The van der Waals surface area contributed by atoms with E-state index in [1.807, 2.05) is 0 Å². The number of anilines is 1. The number of alkyl halides is 3. The van der Waals surface area contributed by atoms with Gasteiger partial charge in [-0.25, -0.2) is 9.59 Å². The quantitative estimate of drug-likeness (QED) is 0.737. The highest BCUT2D eigenvalue weighted by Crippen LogP contribution is 2.38. The molecule has 0 unspecified atom stereocenters. The molecule has 1 aromatic carbocycles. The van der Waals surface area contributed by atoms with E-state index in [0.717, 1.165) is 31.3 Å². The van der Waals surface area contributed by atoms with Crippen LogP contribution in [0.1, 0.15) is 5.56 Å². The van der Waals surface area contributed by atoms with Gasteiger partial charge in [-0.1, -0.05) is 17.7 Å². The van der Waals surface area contributed by atoms with E-state index >= 15 is 0 Å². The van der Waals surface area contributed by atoms with E-state index < -0.39 is 28.7 Å². The van der Waals surface area contributed by atoms with Crippen molar-refractivity contribution in [3.05, 3.63) is 64.5 Å². The smallest absolute Gasteiger partial charge is 0.417 e. The van der Waals surface area contributed by atoms with E-state index in [4.69, 9.17) is 11.6 Å². The van der Waals surface area contributed by atoms with Gasteiger partial charge in [0.05, 0.1) is 30.4 Å². The van der Waals surface area contributed by atoms with Gasteiger partial charge in [0.25, 0.3) is 0 Å². The zero-order chi connectivity index (χ0) is 19.5. The van der Waals surface area contributed by atoms with E-state index in [-0.39, 0.29) is 17.0 Å². The zero-order valence-electron chi connectivity index (χ0n) is 13.6. The molecule has 0 saturated heterocycles. The fourth-order valence-corrected chi connectivity index (χ4v) is 2.47. The van der Waals surface area contributed by atoms with Crippen molar-refractivity contribution in [2.24, 2.45) is 0 Å². The molecule has 138 valence electrons. The molecule has 0 spiro atoms. The fourth-order valence-electron chi connectivity index (χ4n) is 2.25. The fraction of sp³-hybridized carbons (Fsp3) is 0.176. The predicted octanol–water partition coefficient (Wildman–Crippen LogP) is 3.85. The minimum absolute atomic E-state index is 0.0384. The van der Waals surface area contributed by atoms with Crippen LogP contribution in [0.3, 0.4) is 0 Å². The number of hydrogen-bond acceptors (Lipinski definition) is 5. The van der Waals surface area contributed by atoms with Gasteiger partial charge in [-0.15, -0.1) is 0 Å². The van der Waals surface area contributed by atoms with Crippen LogP contribution in [0, 0.1) is 0 Å². The Morgan fingerprint density at radius 2 is 1.73 bits per heavy atom. The Kier molecular flexibility index (Phi) is 5.76. The van der Waals surface area contributed by atoms with Crippen LogP contribution in [0.5, 0.6) is 0 Å². The van der Waals surface area contributed by atoms with Crippen LogP contribution in [0.15, 0.2) is 53.9 Å². The molecule has 0 radical (unpaired) electrons. The molecule has 0 N–H and O–H groups in total. The predicted molar refractivity (Wildman–Crippen MR) is 88.3 cm³/mol. The third kappa shape index (κ3) is 3.91. The molecule has 5 nitrogen and oxygen atoms in total. The highest BCUT2D eigenvalue weighted by Gasteiger charge is 2.35. The van der Waals surface area contributed by atoms with Gasteiger partial charge in [0.2, 0.25) is 0 Å². The van der Waals surface area contributed by atoms with Crippen molar-refractivity contribution in [3.63, 3.8) is 0 Å². The van der Waals surface area contributed by atoms with Gasteiger partial charge in [0.1, 0.15) is 5.70 Å². The number of ether oxygens (including phenoxy) is 2. The second-order valence-corrected chi connectivity index (χ2v) is 5.39. The summed E-state index contributed by atoms with van der Waals surface area (Å²) in [5.41, 5.74) is -1.58. The Morgan fingerprint density at radius 3 is 2.31 bits per heavy atom. The van der Waals surface area contributed by atoms with E-state index in [0.29, 0.717) is 0 Å². The molecule has 1 aliphatic rings. The van der Waals surface area contributed by atoms with Crippen molar-refractivity contribution in [2.75, 3.05) is 19.1 Å². The third-order valence-electron chi connectivity index (χ3n) is 3.42. The van der Waals surface area contributed by atoms with Crippen LogP contribution < -0.4 is 4.90 Å². The molecule has 1 heterocycles. The number of nitrogens with zero attached hydrogens (tertiary/aromatic N) is 1. The van der Waals surface area contributed by atoms with Gasteiger partial charge in [0.15, 0.2) is 0 Å². The number of halogens is 4. The molecule has 0 aromatic heterocycles. The lowest BCUT2D eigenvalue weighted by Crippen LogP contribution is -2.27. The monoisotopic (exact) mass is 387 g/mol. The zero-order valence-corrected chi connectivity index (χ0v) is 14.4. The van der Waals surface area contributed by atoms with E-state index in [2.05, 4.69) is 9.47 Å². The number of methoxy groups -OCH3 is 2. The molecule has 0 amide bonds. The van der Waals surface area contributed by atoms with E-state index in [9.17, 15) is 22.8 Å². The van der Waals surface area contributed by atoms with Crippen LogP contribution >= 0.6 is 11.6 Å². The lowest BCUT2D eigenvalue weighted by atomic mass is 10.1. The molecule has 0 bridgehead atoms. The highest BCUT2D eigenvalue weighted by molar-refractivity contribution is 6.31. The average molecular weight is 388 g/mol. The molecule has 9 heteroatoms. The van der Waals surface area contributed by atoms with Gasteiger partial charge in [-0.2, -0.15) is 13.2 Å². The Labute approximate surface area is 151 Å². The first kappa shape index (κ1) is 19.6. The molecule has 1 aromatic rings. The van der Waals surface area contributed by atoms with Gasteiger partial charge in [-0.3, -0.25) is 0 Å². The van der Waals surface area contributed by atoms with E-state index in [1.165, 1.54) is 30.5 Å². The average Bonchev–Trinajstić information content (AvgIpc) is 2.82. The number of benzene rings is 1. The molecule has 26 heavy (non-hydrogen) atoms. The summed E-state index contributed by atoms with van der Waals surface area (Å²) in [5.74, 6) is -1.77. The van der Waals surface area contributed by atoms with Crippen molar-refractivity contribution in [1.82, 2.24) is 0 Å². The molecule has 1 aliphatic heterocycles. The lowest BCUT2D eigenvalue weighted by molar-refractivity contribution is -0.139. The van der Waals surface area contributed by atoms with Gasteiger partial charge in [-0.05, 0) is 30.4 Å². The third-order valence-corrected chi connectivity index (χ3v) is 3.75. The summed E-state index contributed by atoms with van der Waals surface area (Å²) in [6.45, 7) is 0. The van der Waals surface area contributed by atoms with E-state index in [1.54, 1.807) is 0 Å². The van der Waals surface area contributed by atoms with Crippen LogP contribution in [-0.2, 0) is 25.2 Å². The lowest BCUT2D eigenvalue weighted by Gasteiger charge is -2.24. The Balaban J connectivity index is 2.70. The van der Waals surface area contributed by atoms with Crippen molar-refractivity contribution < 1.29 is 32.2 Å². The van der Waals surface area contributed by atoms with Crippen LogP contribution in [0.4, 0.5) is 18.9 Å². The maximum atomic E-state index is 13.1. The highest BCUT2D eigenvalue weighted by atomic mass is 35.5. The molecule has 0 fully saturated rings. The van der Waals surface area contributed by atoms with Gasteiger partial charge >= 0.3 is 18.1 Å².